The minimum atomic E-state index is -0.0909. The lowest BCUT2D eigenvalue weighted by Gasteiger charge is -2.28. The van der Waals surface area contributed by atoms with Gasteiger partial charge in [-0.15, -0.1) is 5.11 Å². The van der Waals surface area contributed by atoms with E-state index >= 15 is 0 Å². The minimum absolute atomic E-state index is 0.0909. The molecule has 0 saturated heterocycles. The summed E-state index contributed by atoms with van der Waals surface area (Å²) in [4.78, 5) is 0. The van der Waals surface area contributed by atoms with Crippen molar-refractivity contribution >= 4 is 5.69 Å². The number of methoxy groups -OCH3 is 1. The Bertz CT molecular complexity index is 745. The van der Waals surface area contributed by atoms with Crippen molar-refractivity contribution in [1.82, 2.24) is 0 Å². The third-order valence-electron chi connectivity index (χ3n) is 4.56. The molecule has 3 nitrogen and oxygen atoms in total. The smallest absolute Gasteiger partial charge is 0.146 e. The number of allylic oxidation sites excluding steroid dienone is 1. The molecular formula is C23H32N2O. The third-order valence-corrected chi connectivity index (χ3v) is 4.56. The van der Waals surface area contributed by atoms with Gasteiger partial charge >= 0.3 is 0 Å². The van der Waals surface area contributed by atoms with Crippen molar-refractivity contribution < 1.29 is 4.74 Å². The van der Waals surface area contributed by atoms with Crippen LogP contribution in [-0.2, 0) is 11.8 Å². The first-order chi connectivity index (χ1) is 12.5. The number of hydrogen-bond donors (Lipinski definition) is 0. The Balaban J connectivity index is 0.00000163. The second-order valence-corrected chi connectivity index (χ2v) is 6.34. The molecule has 0 heterocycles. The number of benzene rings is 2. The number of aryl methyl sites for hydroxylation is 1. The van der Waals surface area contributed by atoms with Crippen molar-refractivity contribution in [1.29, 1.82) is 0 Å². The predicted octanol–water partition coefficient (Wildman–Crippen LogP) is 7.25. The number of ether oxygens (including phenoxy) is 1. The summed E-state index contributed by atoms with van der Waals surface area (Å²) in [7, 11) is 1.64. The third kappa shape index (κ3) is 5.29. The SMILES string of the molecule is CC.CCc1ccccc1C(C)(C)/C(C)=C\N=Nc1ccccc1OC. The summed E-state index contributed by atoms with van der Waals surface area (Å²) in [6.45, 7) is 12.8. The molecule has 26 heavy (non-hydrogen) atoms. The second kappa shape index (κ2) is 10.5. The van der Waals surface area contributed by atoms with Gasteiger partial charge in [0.1, 0.15) is 11.4 Å². The highest BCUT2D eigenvalue weighted by Crippen LogP contribution is 2.34. The predicted molar refractivity (Wildman–Crippen MR) is 111 cm³/mol. The Morgan fingerprint density at radius 2 is 1.65 bits per heavy atom. The molecule has 0 amide bonds. The number of rotatable bonds is 6. The maximum absolute atomic E-state index is 5.30. The Hall–Kier alpha value is -2.42. The topological polar surface area (TPSA) is 34.0 Å². The highest BCUT2D eigenvalue weighted by Gasteiger charge is 2.24. The van der Waals surface area contributed by atoms with Gasteiger partial charge in [0.05, 0.1) is 7.11 Å². The summed E-state index contributed by atoms with van der Waals surface area (Å²) in [5.74, 6) is 0.725. The van der Waals surface area contributed by atoms with Crippen LogP contribution in [0.25, 0.3) is 0 Å². The lowest BCUT2D eigenvalue weighted by molar-refractivity contribution is 0.416. The van der Waals surface area contributed by atoms with E-state index in [1.807, 2.05) is 44.3 Å². The fourth-order valence-electron chi connectivity index (χ4n) is 2.70. The molecule has 3 heteroatoms. The molecule has 0 saturated carbocycles. The van der Waals surface area contributed by atoms with Crippen LogP contribution >= 0.6 is 0 Å². The number of para-hydroxylation sites is 1. The van der Waals surface area contributed by atoms with Crippen molar-refractivity contribution in [2.45, 2.75) is 53.4 Å². The summed E-state index contributed by atoms with van der Waals surface area (Å²) in [6.07, 6.45) is 2.87. The fourth-order valence-corrected chi connectivity index (χ4v) is 2.70. The lowest BCUT2D eigenvalue weighted by Crippen LogP contribution is -2.20. The van der Waals surface area contributed by atoms with Crippen LogP contribution in [0.2, 0.25) is 0 Å². The summed E-state index contributed by atoms with van der Waals surface area (Å²) < 4.78 is 5.30. The van der Waals surface area contributed by atoms with Crippen molar-refractivity contribution in [3.05, 3.63) is 71.4 Å². The van der Waals surface area contributed by atoms with Gasteiger partial charge in [0.2, 0.25) is 0 Å². The number of azo groups is 1. The number of nitrogens with zero attached hydrogens (tertiary/aromatic N) is 2. The van der Waals surface area contributed by atoms with E-state index in [2.05, 4.69) is 62.2 Å². The van der Waals surface area contributed by atoms with E-state index in [1.54, 1.807) is 7.11 Å². The molecule has 2 aromatic carbocycles. The van der Waals surface area contributed by atoms with Crippen LogP contribution in [0, 0.1) is 0 Å². The fraction of sp³-hybridized carbons (Fsp3) is 0.391. The molecular weight excluding hydrogens is 320 g/mol. The van der Waals surface area contributed by atoms with Gasteiger partial charge in [0.15, 0.2) is 0 Å². The standard InChI is InChI=1S/C21H26N2O.C2H6/c1-6-17-11-7-8-12-18(17)21(3,4)16(2)15-22-23-19-13-9-10-14-20(19)24-5;1-2/h7-15H,6H2,1-5H3;1-2H3/b16-15-,23-22?;. The van der Waals surface area contributed by atoms with Crippen LogP contribution in [-0.4, -0.2) is 7.11 Å². The average Bonchev–Trinajstić information content (AvgIpc) is 2.69. The molecule has 2 rings (SSSR count). The molecule has 0 aliphatic carbocycles. The van der Waals surface area contributed by atoms with Crippen LogP contribution in [0.3, 0.4) is 0 Å². The van der Waals surface area contributed by atoms with Gasteiger partial charge in [-0.05, 0) is 42.2 Å². The van der Waals surface area contributed by atoms with Crippen LogP contribution in [0.5, 0.6) is 5.75 Å². The summed E-state index contributed by atoms with van der Waals surface area (Å²) in [5, 5.41) is 8.57. The molecule has 0 aliphatic heterocycles. The summed E-state index contributed by atoms with van der Waals surface area (Å²) >= 11 is 0. The molecule has 0 radical (unpaired) electrons. The van der Waals surface area contributed by atoms with Crippen LogP contribution in [0.4, 0.5) is 5.69 Å². The van der Waals surface area contributed by atoms with Crippen LogP contribution in [0.1, 0.15) is 52.7 Å². The molecule has 0 atom stereocenters. The van der Waals surface area contributed by atoms with E-state index in [0.29, 0.717) is 0 Å². The number of hydrogen-bond acceptors (Lipinski definition) is 3. The van der Waals surface area contributed by atoms with Crippen molar-refractivity contribution in [2.24, 2.45) is 10.2 Å². The van der Waals surface area contributed by atoms with E-state index in [1.165, 1.54) is 16.7 Å². The van der Waals surface area contributed by atoms with E-state index < -0.39 is 0 Å². The normalized spacial score (nSPS) is 11.9. The Morgan fingerprint density at radius 3 is 2.31 bits per heavy atom. The van der Waals surface area contributed by atoms with E-state index in [0.717, 1.165) is 17.9 Å². The molecule has 0 unspecified atom stereocenters. The molecule has 0 bridgehead atoms. The zero-order valence-electron chi connectivity index (χ0n) is 17.2. The van der Waals surface area contributed by atoms with Crippen LogP contribution < -0.4 is 4.74 Å². The highest BCUT2D eigenvalue weighted by atomic mass is 16.5. The molecule has 2 aromatic rings. The molecule has 0 spiro atoms. The largest absolute Gasteiger partial charge is 0.494 e. The quantitative estimate of drug-likeness (QED) is 0.504. The second-order valence-electron chi connectivity index (χ2n) is 6.34. The summed E-state index contributed by atoms with van der Waals surface area (Å²) in [6, 6.07) is 16.2. The first kappa shape index (κ1) is 21.6. The monoisotopic (exact) mass is 352 g/mol. The van der Waals surface area contributed by atoms with Crippen molar-refractivity contribution in [2.75, 3.05) is 7.11 Å². The average molecular weight is 353 g/mol. The summed E-state index contributed by atoms with van der Waals surface area (Å²) in [5.41, 5.74) is 4.52. The van der Waals surface area contributed by atoms with Gasteiger partial charge in [-0.25, -0.2) is 0 Å². The lowest BCUT2D eigenvalue weighted by atomic mass is 9.76. The first-order valence-corrected chi connectivity index (χ1v) is 9.30. The van der Waals surface area contributed by atoms with Crippen LogP contribution in [0.15, 0.2) is 70.5 Å². The van der Waals surface area contributed by atoms with Crippen molar-refractivity contribution in [3.63, 3.8) is 0 Å². The maximum Gasteiger partial charge on any atom is 0.146 e. The van der Waals surface area contributed by atoms with Gasteiger partial charge in [0, 0.05) is 11.6 Å². The van der Waals surface area contributed by atoms with E-state index in [-0.39, 0.29) is 5.41 Å². The van der Waals surface area contributed by atoms with Crippen molar-refractivity contribution in [3.8, 4) is 5.75 Å². The Morgan fingerprint density at radius 1 is 1.04 bits per heavy atom. The Kier molecular flexibility index (Phi) is 8.77. The Labute approximate surface area is 158 Å². The van der Waals surface area contributed by atoms with E-state index in [9.17, 15) is 0 Å². The zero-order valence-corrected chi connectivity index (χ0v) is 17.2. The maximum atomic E-state index is 5.30. The van der Waals surface area contributed by atoms with Gasteiger partial charge in [-0.1, -0.05) is 71.0 Å². The van der Waals surface area contributed by atoms with E-state index in [4.69, 9.17) is 4.74 Å². The van der Waals surface area contributed by atoms with Gasteiger partial charge in [-0.3, -0.25) is 0 Å². The molecule has 140 valence electrons. The van der Waals surface area contributed by atoms with Gasteiger partial charge < -0.3 is 4.74 Å². The highest BCUT2D eigenvalue weighted by molar-refractivity contribution is 5.50. The first-order valence-electron chi connectivity index (χ1n) is 9.30. The molecule has 0 aliphatic rings. The minimum Gasteiger partial charge on any atom is -0.494 e. The molecule has 0 N–H and O–H groups in total. The zero-order chi connectivity index (χ0) is 19.6. The molecule has 0 fully saturated rings. The van der Waals surface area contributed by atoms with Gasteiger partial charge in [-0.2, -0.15) is 5.11 Å². The van der Waals surface area contributed by atoms with Gasteiger partial charge in [0.25, 0.3) is 0 Å². The molecule has 0 aromatic heterocycles.